The van der Waals surface area contributed by atoms with Gasteiger partial charge in [-0.15, -0.1) is 0 Å². The van der Waals surface area contributed by atoms with Crippen molar-refractivity contribution in [1.82, 2.24) is 15.0 Å². The fraction of sp³-hybridized carbons (Fsp3) is 0.381. The molecule has 0 atom stereocenters. The highest BCUT2D eigenvalue weighted by molar-refractivity contribution is 5.74. The molecule has 0 aliphatic rings. The van der Waals surface area contributed by atoms with Crippen molar-refractivity contribution in [2.75, 3.05) is 0 Å². The summed E-state index contributed by atoms with van der Waals surface area (Å²) in [5, 5.41) is 28.1. The van der Waals surface area contributed by atoms with Crippen molar-refractivity contribution in [3.8, 4) is 5.75 Å². The van der Waals surface area contributed by atoms with Gasteiger partial charge in [0.2, 0.25) is 0 Å². The van der Waals surface area contributed by atoms with E-state index in [0.29, 0.717) is 16.6 Å². The smallest absolute Gasteiger partial charge is 0.416 e. The first-order valence-electron chi connectivity index (χ1n) is 9.34. The van der Waals surface area contributed by atoms with E-state index >= 15 is 0 Å². The van der Waals surface area contributed by atoms with Crippen LogP contribution in [0, 0.1) is 0 Å². The van der Waals surface area contributed by atoms with Gasteiger partial charge in [-0.25, -0.2) is 0 Å². The summed E-state index contributed by atoms with van der Waals surface area (Å²) >= 11 is 0. The third-order valence-electron chi connectivity index (χ3n) is 4.75. The van der Waals surface area contributed by atoms with E-state index in [9.17, 15) is 23.1 Å². The molecule has 2 N–H and O–H groups in total. The number of aromatic hydroxyl groups is 1. The molecule has 30 heavy (non-hydrogen) atoms. The highest BCUT2D eigenvalue weighted by atomic mass is 19.4. The van der Waals surface area contributed by atoms with Gasteiger partial charge >= 0.3 is 12.1 Å². The molecule has 2 aromatic carbocycles. The molecule has 0 amide bonds. The van der Waals surface area contributed by atoms with Crippen LogP contribution in [0.4, 0.5) is 13.2 Å². The SMILES string of the molecule is CC(C)(C)c1cc(CCC(=O)O)cc(Cn2nc3ccc(C(F)(F)F)cc3n2)c1O. The van der Waals surface area contributed by atoms with Crippen LogP contribution in [0.1, 0.15) is 49.4 Å². The zero-order chi connectivity index (χ0) is 22.3. The number of hydrogen-bond donors (Lipinski definition) is 2. The van der Waals surface area contributed by atoms with Crippen molar-refractivity contribution in [3.05, 3.63) is 52.6 Å². The third kappa shape index (κ3) is 4.72. The summed E-state index contributed by atoms with van der Waals surface area (Å²) in [7, 11) is 0. The van der Waals surface area contributed by atoms with Crippen LogP contribution in [0.15, 0.2) is 30.3 Å². The van der Waals surface area contributed by atoms with Crippen LogP contribution in [-0.4, -0.2) is 31.2 Å². The van der Waals surface area contributed by atoms with E-state index < -0.39 is 23.1 Å². The second kappa shape index (κ2) is 7.62. The number of aromatic nitrogens is 3. The summed E-state index contributed by atoms with van der Waals surface area (Å²) < 4.78 is 38.8. The quantitative estimate of drug-likeness (QED) is 0.633. The summed E-state index contributed by atoms with van der Waals surface area (Å²) in [5.74, 6) is -0.888. The van der Waals surface area contributed by atoms with E-state index in [1.807, 2.05) is 20.8 Å². The van der Waals surface area contributed by atoms with Crippen molar-refractivity contribution in [1.29, 1.82) is 0 Å². The molecule has 6 nitrogen and oxygen atoms in total. The number of benzene rings is 2. The fourth-order valence-corrected chi connectivity index (χ4v) is 3.21. The van der Waals surface area contributed by atoms with E-state index in [4.69, 9.17) is 5.11 Å². The number of phenols is 1. The van der Waals surface area contributed by atoms with E-state index in [2.05, 4.69) is 10.2 Å². The van der Waals surface area contributed by atoms with Crippen molar-refractivity contribution < 1.29 is 28.2 Å². The predicted octanol–water partition coefficient (Wildman–Crippen LogP) is 4.52. The molecule has 0 bridgehead atoms. The number of alkyl halides is 3. The topological polar surface area (TPSA) is 88.2 Å². The number of carboxylic acids is 1. The lowest BCUT2D eigenvalue weighted by Gasteiger charge is -2.23. The lowest BCUT2D eigenvalue weighted by Crippen LogP contribution is -2.14. The average molecular weight is 421 g/mol. The van der Waals surface area contributed by atoms with Gasteiger partial charge in [-0.2, -0.15) is 28.2 Å². The van der Waals surface area contributed by atoms with Crippen LogP contribution in [0.25, 0.3) is 11.0 Å². The number of aryl methyl sites for hydroxylation is 1. The van der Waals surface area contributed by atoms with Crippen LogP contribution in [0.3, 0.4) is 0 Å². The van der Waals surface area contributed by atoms with Gasteiger partial charge in [0.15, 0.2) is 0 Å². The van der Waals surface area contributed by atoms with Gasteiger partial charge in [-0.05, 0) is 41.2 Å². The maximum absolute atomic E-state index is 12.9. The van der Waals surface area contributed by atoms with E-state index in [0.717, 1.165) is 17.7 Å². The molecule has 0 saturated carbocycles. The molecular weight excluding hydrogens is 399 g/mol. The molecule has 0 unspecified atom stereocenters. The summed E-state index contributed by atoms with van der Waals surface area (Å²) in [6.07, 6.45) is -4.25. The van der Waals surface area contributed by atoms with Crippen molar-refractivity contribution in [3.63, 3.8) is 0 Å². The molecule has 3 aromatic rings. The van der Waals surface area contributed by atoms with Gasteiger partial charge in [0.05, 0.1) is 12.1 Å². The van der Waals surface area contributed by atoms with Gasteiger partial charge in [0, 0.05) is 12.0 Å². The maximum atomic E-state index is 12.9. The lowest BCUT2D eigenvalue weighted by molar-refractivity contribution is -0.138. The molecular formula is C21H22F3N3O3. The summed E-state index contributed by atoms with van der Waals surface area (Å²) in [5.41, 5.74) is 1.06. The second-order valence-corrected chi connectivity index (χ2v) is 8.23. The van der Waals surface area contributed by atoms with Crippen LogP contribution < -0.4 is 0 Å². The molecule has 0 radical (unpaired) electrons. The second-order valence-electron chi connectivity index (χ2n) is 8.23. The summed E-state index contributed by atoms with van der Waals surface area (Å²) in [6, 6.07) is 6.60. The number of hydrogen-bond acceptors (Lipinski definition) is 4. The number of carboxylic acid groups (broad SMARTS) is 1. The van der Waals surface area contributed by atoms with E-state index in [-0.39, 0.29) is 30.7 Å². The van der Waals surface area contributed by atoms with Gasteiger partial charge in [0.1, 0.15) is 16.8 Å². The molecule has 0 fully saturated rings. The number of aliphatic carboxylic acids is 1. The number of nitrogens with zero attached hydrogens (tertiary/aromatic N) is 3. The minimum absolute atomic E-state index is 0.0336. The standard InChI is InChI=1S/C21H22F3N3O3/c1-20(2,3)15-9-12(4-7-18(28)29)8-13(19(15)30)11-27-25-16-6-5-14(21(22,23)24)10-17(16)26-27/h5-6,8-10,30H,4,7,11H2,1-3H3,(H,28,29). The lowest BCUT2D eigenvalue weighted by atomic mass is 9.83. The third-order valence-corrected chi connectivity index (χ3v) is 4.75. The number of rotatable bonds is 5. The Morgan fingerprint density at radius 3 is 2.33 bits per heavy atom. The zero-order valence-electron chi connectivity index (χ0n) is 16.8. The zero-order valence-corrected chi connectivity index (χ0v) is 16.8. The van der Waals surface area contributed by atoms with Crippen molar-refractivity contribution in [2.45, 2.75) is 51.7 Å². The van der Waals surface area contributed by atoms with E-state index in [1.54, 1.807) is 12.1 Å². The number of halogens is 3. The Labute approximate surface area is 170 Å². The minimum atomic E-state index is -4.48. The Kier molecular flexibility index (Phi) is 5.49. The molecule has 0 aliphatic heterocycles. The first-order chi connectivity index (χ1) is 13.8. The highest BCUT2D eigenvalue weighted by Gasteiger charge is 2.31. The van der Waals surface area contributed by atoms with Gasteiger partial charge in [-0.3, -0.25) is 4.79 Å². The first-order valence-corrected chi connectivity index (χ1v) is 9.34. The normalized spacial score (nSPS) is 12.5. The maximum Gasteiger partial charge on any atom is 0.416 e. The molecule has 9 heteroatoms. The highest BCUT2D eigenvalue weighted by Crippen LogP contribution is 2.35. The Bertz CT molecular complexity index is 1100. The fourth-order valence-electron chi connectivity index (χ4n) is 3.21. The van der Waals surface area contributed by atoms with E-state index in [1.165, 1.54) is 10.9 Å². The molecule has 1 aromatic heterocycles. The number of phenolic OH excluding ortho intramolecular Hbond substituents is 1. The van der Waals surface area contributed by atoms with Crippen LogP contribution in [0.2, 0.25) is 0 Å². The van der Waals surface area contributed by atoms with Crippen LogP contribution >= 0.6 is 0 Å². The first kappa shape index (κ1) is 21.6. The Hall–Kier alpha value is -3.10. The van der Waals surface area contributed by atoms with Crippen LogP contribution in [-0.2, 0) is 29.4 Å². The van der Waals surface area contributed by atoms with Gasteiger partial charge in [-0.1, -0.05) is 32.9 Å². The van der Waals surface area contributed by atoms with Gasteiger partial charge < -0.3 is 10.2 Å². The molecule has 160 valence electrons. The monoisotopic (exact) mass is 421 g/mol. The molecule has 0 spiro atoms. The van der Waals surface area contributed by atoms with Crippen molar-refractivity contribution >= 4 is 17.0 Å². The predicted molar refractivity (Wildman–Crippen MR) is 104 cm³/mol. The molecule has 0 saturated heterocycles. The Morgan fingerprint density at radius 1 is 1.07 bits per heavy atom. The molecule has 3 rings (SSSR count). The summed E-state index contributed by atoms with van der Waals surface area (Å²) in [6.45, 7) is 5.80. The van der Waals surface area contributed by atoms with Crippen LogP contribution in [0.5, 0.6) is 5.75 Å². The number of carbonyl (C=O) groups is 1. The minimum Gasteiger partial charge on any atom is -0.507 e. The Morgan fingerprint density at radius 2 is 1.73 bits per heavy atom. The molecule has 0 aliphatic carbocycles. The largest absolute Gasteiger partial charge is 0.507 e. The summed E-state index contributed by atoms with van der Waals surface area (Å²) in [4.78, 5) is 12.2. The molecule has 1 heterocycles. The number of fused-ring (bicyclic) bond motifs is 1. The van der Waals surface area contributed by atoms with Crippen molar-refractivity contribution in [2.24, 2.45) is 0 Å². The average Bonchev–Trinajstić information content (AvgIpc) is 3.01. The van der Waals surface area contributed by atoms with Gasteiger partial charge in [0.25, 0.3) is 0 Å². The Balaban J connectivity index is 2.00.